The predicted octanol–water partition coefficient (Wildman–Crippen LogP) is 2.67. The zero-order chi connectivity index (χ0) is 6.69. The maximum Gasteiger partial charge on any atom is 0.111 e. The molecule has 0 spiro atoms. The van der Waals surface area contributed by atoms with Gasteiger partial charge in [-0.3, -0.25) is 0 Å². The average Bonchev–Trinajstić information content (AvgIpc) is 1.97. The highest BCUT2D eigenvalue weighted by atomic mass is 79.9. The highest BCUT2D eigenvalue weighted by Crippen LogP contribution is 2.13. The summed E-state index contributed by atoms with van der Waals surface area (Å²) in [6, 6.07) is 0. The maximum absolute atomic E-state index is 8.93. The Morgan fingerprint density at radius 3 is 2.89 bits per heavy atom. The van der Waals surface area contributed by atoms with E-state index in [2.05, 4.69) is 15.9 Å². The molecule has 0 fully saturated rings. The normalized spacial score (nSPS) is 18.3. The van der Waals surface area contributed by atoms with Gasteiger partial charge in [0.25, 0.3) is 0 Å². The molecule has 0 atom stereocenters. The van der Waals surface area contributed by atoms with Gasteiger partial charge >= 0.3 is 0 Å². The first-order valence-electron chi connectivity index (χ1n) is 2.72. The molecule has 1 N–H and O–H groups in total. The molecule has 0 aromatic rings. The second kappa shape index (κ2) is 2.87. The van der Waals surface area contributed by atoms with Crippen molar-refractivity contribution in [2.75, 3.05) is 0 Å². The van der Waals surface area contributed by atoms with E-state index < -0.39 is 0 Å². The Labute approximate surface area is 62.5 Å². The summed E-state index contributed by atoms with van der Waals surface area (Å²) in [4.78, 5) is 0. The Balaban J connectivity index is 2.75. The minimum atomic E-state index is 0.334. The highest BCUT2D eigenvalue weighted by molar-refractivity contribution is 9.11. The van der Waals surface area contributed by atoms with Crippen LogP contribution in [0.1, 0.15) is 6.42 Å². The maximum atomic E-state index is 8.93. The van der Waals surface area contributed by atoms with Crippen LogP contribution in [0.15, 0.2) is 34.5 Å². The second-order valence-electron chi connectivity index (χ2n) is 1.79. The fraction of sp³-hybridized carbons (Fsp3) is 0.143. The molecule has 0 saturated heterocycles. The predicted molar refractivity (Wildman–Crippen MR) is 41.5 cm³/mol. The van der Waals surface area contributed by atoms with Crippen LogP contribution in [-0.2, 0) is 0 Å². The summed E-state index contributed by atoms with van der Waals surface area (Å²) in [6.07, 6.45) is 8.01. The number of allylic oxidation sites excluding steroid dienone is 5. The van der Waals surface area contributed by atoms with E-state index >= 15 is 0 Å². The first-order chi connectivity index (χ1) is 4.29. The van der Waals surface area contributed by atoms with Crippen LogP contribution >= 0.6 is 15.9 Å². The number of aliphatic hydroxyl groups is 1. The summed E-state index contributed by atoms with van der Waals surface area (Å²) in [5.41, 5.74) is 0. The van der Waals surface area contributed by atoms with E-state index in [0.29, 0.717) is 5.76 Å². The van der Waals surface area contributed by atoms with Crippen LogP contribution in [0.3, 0.4) is 0 Å². The van der Waals surface area contributed by atoms with Gasteiger partial charge in [0.1, 0.15) is 5.76 Å². The van der Waals surface area contributed by atoms with Gasteiger partial charge in [-0.15, -0.1) is 0 Å². The third-order valence-electron chi connectivity index (χ3n) is 1.05. The fourth-order valence-electron chi connectivity index (χ4n) is 0.593. The molecule has 1 aliphatic carbocycles. The fourth-order valence-corrected chi connectivity index (χ4v) is 0.912. The van der Waals surface area contributed by atoms with Crippen molar-refractivity contribution in [1.82, 2.24) is 0 Å². The van der Waals surface area contributed by atoms with Gasteiger partial charge in [-0.25, -0.2) is 0 Å². The molecule has 0 aliphatic heterocycles. The van der Waals surface area contributed by atoms with E-state index in [1.54, 1.807) is 12.2 Å². The van der Waals surface area contributed by atoms with Crippen molar-refractivity contribution < 1.29 is 5.11 Å². The zero-order valence-corrected chi connectivity index (χ0v) is 6.43. The van der Waals surface area contributed by atoms with Crippen LogP contribution in [0.2, 0.25) is 0 Å². The van der Waals surface area contributed by atoms with E-state index in [9.17, 15) is 0 Å². The number of rotatable bonds is 0. The van der Waals surface area contributed by atoms with E-state index in [1.165, 1.54) is 0 Å². The zero-order valence-electron chi connectivity index (χ0n) is 4.84. The molecule has 0 bridgehead atoms. The lowest BCUT2D eigenvalue weighted by molar-refractivity contribution is 0.431. The SMILES string of the molecule is OC1=CCC=C(Br)C=C1. The third-order valence-corrected chi connectivity index (χ3v) is 1.64. The molecule has 0 radical (unpaired) electrons. The van der Waals surface area contributed by atoms with Crippen molar-refractivity contribution in [3.8, 4) is 0 Å². The van der Waals surface area contributed by atoms with Crippen molar-refractivity contribution in [3.63, 3.8) is 0 Å². The third kappa shape index (κ3) is 2.06. The molecule has 0 heterocycles. The van der Waals surface area contributed by atoms with Crippen LogP contribution in [0.4, 0.5) is 0 Å². The van der Waals surface area contributed by atoms with Crippen molar-refractivity contribution in [3.05, 3.63) is 34.5 Å². The van der Waals surface area contributed by atoms with Gasteiger partial charge in [0.2, 0.25) is 0 Å². The summed E-state index contributed by atoms with van der Waals surface area (Å²) in [6.45, 7) is 0. The smallest absolute Gasteiger partial charge is 0.111 e. The topological polar surface area (TPSA) is 20.2 Å². The second-order valence-corrected chi connectivity index (χ2v) is 2.70. The lowest BCUT2D eigenvalue weighted by atomic mass is 10.4. The van der Waals surface area contributed by atoms with Crippen molar-refractivity contribution in [2.45, 2.75) is 6.42 Å². The van der Waals surface area contributed by atoms with Gasteiger partial charge in [-0.2, -0.15) is 0 Å². The van der Waals surface area contributed by atoms with Crippen LogP contribution in [0.5, 0.6) is 0 Å². The highest BCUT2D eigenvalue weighted by Gasteiger charge is 1.90. The van der Waals surface area contributed by atoms with E-state index in [0.717, 1.165) is 10.9 Å². The van der Waals surface area contributed by atoms with E-state index in [4.69, 9.17) is 5.11 Å². The first kappa shape index (κ1) is 6.62. The molecule has 1 aliphatic rings. The summed E-state index contributed by atoms with van der Waals surface area (Å²) in [5, 5.41) is 8.93. The van der Waals surface area contributed by atoms with Crippen LogP contribution in [0, 0.1) is 0 Å². The summed E-state index contributed by atoms with van der Waals surface area (Å²) >= 11 is 3.30. The van der Waals surface area contributed by atoms with Crippen LogP contribution in [0.25, 0.3) is 0 Å². The van der Waals surface area contributed by atoms with Crippen LogP contribution < -0.4 is 0 Å². The number of hydrogen-bond donors (Lipinski definition) is 1. The monoisotopic (exact) mass is 186 g/mol. The minimum absolute atomic E-state index is 0.334. The molecule has 1 nitrogen and oxygen atoms in total. The molecular formula is C7H7BrO. The summed E-state index contributed by atoms with van der Waals surface area (Å²) in [5.74, 6) is 0.334. The number of halogens is 1. The summed E-state index contributed by atoms with van der Waals surface area (Å²) in [7, 11) is 0. The first-order valence-corrected chi connectivity index (χ1v) is 3.51. The number of hydrogen-bond acceptors (Lipinski definition) is 1. The molecule has 0 aromatic heterocycles. The summed E-state index contributed by atoms with van der Waals surface area (Å²) < 4.78 is 1.02. The van der Waals surface area contributed by atoms with Gasteiger partial charge in [-0.05, 0) is 24.6 Å². The quantitative estimate of drug-likeness (QED) is 0.617. The lowest BCUT2D eigenvalue weighted by Gasteiger charge is -1.82. The van der Waals surface area contributed by atoms with Gasteiger partial charge < -0.3 is 5.11 Å². The van der Waals surface area contributed by atoms with Gasteiger partial charge in [-0.1, -0.05) is 22.0 Å². The van der Waals surface area contributed by atoms with Gasteiger partial charge in [0, 0.05) is 4.48 Å². The van der Waals surface area contributed by atoms with Gasteiger partial charge in [0.15, 0.2) is 0 Å². The van der Waals surface area contributed by atoms with Gasteiger partial charge in [0.05, 0.1) is 0 Å². The average molecular weight is 187 g/mol. The molecule has 0 unspecified atom stereocenters. The molecular weight excluding hydrogens is 180 g/mol. The van der Waals surface area contributed by atoms with E-state index in [-0.39, 0.29) is 0 Å². The van der Waals surface area contributed by atoms with Crippen molar-refractivity contribution >= 4 is 15.9 Å². The largest absolute Gasteiger partial charge is 0.508 e. The molecule has 0 saturated carbocycles. The molecule has 0 amide bonds. The minimum Gasteiger partial charge on any atom is -0.508 e. The Morgan fingerprint density at radius 2 is 2.11 bits per heavy atom. The van der Waals surface area contributed by atoms with Crippen LogP contribution in [-0.4, -0.2) is 5.11 Å². The van der Waals surface area contributed by atoms with Crippen molar-refractivity contribution in [2.24, 2.45) is 0 Å². The lowest BCUT2D eigenvalue weighted by Crippen LogP contribution is -1.68. The molecule has 9 heavy (non-hydrogen) atoms. The Hall–Kier alpha value is -0.500. The Kier molecular flexibility index (Phi) is 2.11. The Bertz CT molecular complexity index is 169. The molecule has 0 aromatic carbocycles. The number of aliphatic hydroxyl groups excluding tert-OH is 1. The van der Waals surface area contributed by atoms with Crippen molar-refractivity contribution in [1.29, 1.82) is 0 Å². The Morgan fingerprint density at radius 1 is 1.33 bits per heavy atom. The van der Waals surface area contributed by atoms with E-state index in [1.807, 2.05) is 12.2 Å². The molecule has 1 rings (SSSR count). The standard InChI is InChI=1S/C7H7BrO/c8-6-2-1-3-7(9)5-4-6/h2-5,9H,1H2. The molecule has 48 valence electrons. The molecule has 2 heteroatoms.